The normalized spacial score (nSPS) is 18.5. The van der Waals surface area contributed by atoms with Crippen molar-refractivity contribution >= 4 is 40.5 Å². The molecule has 4 rings (SSSR count). The first-order chi connectivity index (χ1) is 14.6. The lowest BCUT2D eigenvalue weighted by Gasteiger charge is -2.38. The number of rotatable bonds is 6. The molecule has 0 N–H and O–H groups in total. The van der Waals surface area contributed by atoms with Crippen LogP contribution < -0.4 is 4.90 Å². The molecule has 30 heavy (non-hydrogen) atoms. The van der Waals surface area contributed by atoms with Gasteiger partial charge in [0, 0.05) is 11.6 Å². The third-order valence-corrected chi connectivity index (χ3v) is 5.65. The van der Waals surface area contributed by atoms with Gasteiger partial charge in [0.2, 0.25) is 11.9 Å². The average molecular weight is 426 g/mol. The number of anilines is 1. The van der Waals surface area contributed by atoms with Crippen LogP contribution in [-0.2, 0) is 14.3 Å². The van der Waals surface area contributed by atoms with Crippen molar-refractivity contribution in [1.29, 1.82) is 0 Å². The van der Waals surface area contributed by atoms with Gasteiger partial charge in [0.25, 0.3) is 0 Å². The van der Waals surface area contributed by atoms with E-state index in [1.165, 1.54) is 0 Å². The van der Waals surface area contributed by atoms with Crippen molar-refractivity contribution in [3.63, 3.8) is 0 Å². The van der Waals surface area contributed by atoms with E-state index in [4.69, 9.17) is 21.3 Å². The summed E-state index contributed by atoms with van der Waals surface area (Å²) in [6.45, 7) is 4.51. The fourth-order valence-corrected chi connectivity index (χ4v) is 4.27. The summed E-state index contributed by atoms with van der Waals surface area (Å²) in [5, 5.41) is 0.543. The monoisotopic (exact) mass is 425 g/mol. The second-order valence-corrected chi connectivity index (χ2v) is 7.78. The maximum absolute atomic E-state index is 13.6. The number of amides is 1. The molecule has 1 aromatic heterocycles. The van der Waals surface area contributed by atoms with Gasteiger partial charge in [-0.3, -0.25) is 14.5 Å². The van der Waals surface area contributed by atoms with Crippen molar-refractivity contribution < 1.29 is 14.3 Å². The van der Waals surface area contributed by atoms with Gasteiger partial charge in [-0.2, -0.15) is 0 Å². The lowest BCUT2D eigenvalue weighted by molar-refractivity contribution is -0.153. The minimum atomic E-state index is -1.01. The maximum Gasteiger partial charge on any atom is 0.321 e. The number of aromatic nitrogens is 2. The largest absolute Gasteiger partial charge is 0.465 e. The predicted octanol–water partition coefficient (Wildman–Crippen LogP) is 4.61. The van der Waals surface area contributed by atoms with Gasteiger partial charge in [-0.1, -0.05) is 49.2 Å². The topological polar surface area (TPSA) is 64.4 Å². The number of imidazole rings is 1. The number of hydrogen-bond donors (Lipinski definition) is 0. The van der Waals surface area contributed by atoms with Crippen molar-refractivity contribution in [1.82, 2.24) is 9.55 Å². The van der Waals surface area contributed by atoms with Gasteiger partial charge in [-0.15, -0.1) is 0 Å². The van der Waals surface area contributed by atoms with E-state index in [9.17, 15) is 9.59 Å². The van der Waals surface area contributed by atoms with E-state index in [1.54, 1.807) is 24.0 Å². The van der Waals surface area contributed by atoms with Gasteiger partial charge in [0.05, 0.1) is 23.7 Å². The Balaban J connectivity index is 1.98. The van der Waals surface area contributed by atoms with E-state index < -0.39 is 17.9 Å². The third kappa shape index (κ3) is 3.45. The molecule has 2 heterocycles. The average Bonchev–Trinajstić information content (AvgIpc) is 3.11. The van der Waals surface area contributed by atoms with Crippen LogP contribution in [-0.4, -0.2) is 34.6 Å². The first-order valence-electron chi connectivity index (χ1n) is 10.3. The predicted molar refractivity (Wildman–Crippen MR) is 117 cm³/mol. The van der Waals surface area contributed by atoms with E-state index in [1.807, 2.05) is 41.0 Å². The van der Waals surface area contributed by atoms with E-state index in [-0.39, 0.29) is 12.5 Å². The van der Waals surface area contributed by atoms with E-state index in [0.717, 1.165) is 29.4 Å². The molecule has 3 aromatic rings. The van der Waals surface area contributed by atoms with Crippen LogP contribution in [0.4, 0.5) is 5.95 Å². The SMILES string of the molecule is CCCCN1C(=O)C(C(=O)OCC)C(c2cccc(Cl)c2)n2c1nc1ccccc12. The number of carbonyl (C=O) groups excluding carboxylic acids is 2. The molecule has 2 atom stereocenters. The standard InChI is InChI=1S/C23H24ClN3O3/c1-3-5-13-26-21(28)19(22(29)30-4-2)20(15-9-8-10-16(24)14-15)27-18-12-7-6-11-17(18)25-23(26)27/h6-12,14,19-20H,3-5,13H2,1-2H3. The molecule has 0 saturated carbocycles. The van der Waals surface area contributed by atoms with Crippen LogP contribution >= 0.6 is 11.6 Å². The Morgan fingerprint density at radius 3 is 2.70 bits per heavy atom. The minimum Gasteiger partial charge on any atom is -0.465 e. The molecule has 0 spiro atoms. The van der Waals surface area contributed by atoms with E-state index in [0.29, 0.717) is 17.5 Å². The Kier molecular flexibility index (Phi) is 5.77. The number of ether oxygens (including phenoxy) is 1. The van der Waals surface area contributed by atoms with Crippen LogP contribution in [0, 0.1) is 5.92 Å². The highest BCUT2D eigenvalue weighted by molar-refractivity contribution is 6.30. The van der Waals surface area contributed by atoms with Gasteiger partial charge in [-0.25, -0.2) is 4.98 Å². The number of halogens is 1. The van der Waals surface area contributed by atoms with Crippen LogP contribution in [0.1, 0.15) is 38.3 Å². The van der Waals surface area contributed by atoms with Crippen LogP contribution in [0.25, 0.3) is 11.0 Å². The Labute approximate surface area is 180 Å². The van der Waals surface area contributed by atoms with Crippen LogP contribution in [0.2, 0.25) is 5.02 Å². The third-order valence-electron chi connectivity index (χ3n) is 5.41. The molecule has 0 radical (unpaired) electrons. The van der Waals surface area contributed by atoms with Crippen molar-refractivity contribution in [3.8, 4) is 0 Å². The van der Waals surface area contributed by atoms with Crippen molar-refractivity contribution in [3.05, 3.63) is 59.1 Å². The number of fused-ring (bicyclic) bond motifs is 3. The van der Waals surface area contributed by atoms with Gasteiger partial charge < -0.3 is 9.30 Å². The summed E-state index contributed by atoms with van der Waals surface area (Å²) in [4.78, 5) is 33.0. The van der Waals surface area contributed by atoms with Gasteiger partial charge >= 0.3 is 5.97 Å². The number of carbonyl (C=O) groups is 2. The molecule has 0 bridgehead atoms. The number of benzene rings is 2. The summed E-state index contributed by atoms with van der Waals surface area (Å²) < 4.78 is 7.32. The number of nitrogens with zero attached hydrogens (tertiary/aromatic N) is 3. The molecule has 156 valence electrons. The zero-order valence-corrected chi connectivity index (χ0v) is 17.8. The zero-order valence-electron chi connectivity index (χ0n) is 17.0. The van der Waals surface area contributed by atoms with E-state index >= 15 is 0 Å². The fourth-order valence-electron chi connectivity index (χ4n) is 4.07. The van der Waals surface area contributed by atoms with Gasteiger partial charge in [-0.05, 0) is 43.2 Å². The van der Waals surface area contributed by atoms with Crippen molar-refractivity contribution in [2.45, 2.75) is 32.7 Å². The first kappa shape index (κ1) is 20.4. The summed E-state index contributed by atoms with van der Waals surface area (Å²) in [6, 6.07) is 14.4. The highest BCUT2D eigenvalue weighted by Gasteiger charge is 2.47. The number of hydrogen-bond acceptors (Lipinski definition) is 4. The Morgan fingerprint density at radius 1 is 1.17 bits per heavy atom. The van der Waals surface area contributed by atoms with Gasteiger partial charge in [0.15, 0.2) is 5.92 Å². The Bertz CT molecular complexity index is 1090. The lowest BCUT2D eigenvalue weighted by atomic mass is 9.89. The molecule has 2 unspecified atom stereocenters. The fraction of sp³-hybridized carbons (Fsp3) is 0.348. The van der Waals surface area contributed by atoms with Gasteiger partial charge in [0.1, 0.15) is 0 Å². The number of esters is 1. The molecule has 0 fully saturated rings. The summed E-state index contributed by atoms with van der Waals surface area (Å²) >= 11 is 6.27. The molecule has 7 heteroatoms. The van der Waals surface area contributed by atoms with Crippen molar-refractivity contribution in [2.24, 2.45) is 5.92 Å². The molecule has 1 amide bonds. The summed E-state index contributed by atoms with van der Waals surface area (Å²) in [5.41, 5.74) is 2.41. The summed E-state index contributed by atoms with van der Waals surface area (Å²) in [5.74, 6) is -1.27. The molecular formula is C23H24ClN3O3. The molecule has 6 nitrogen and oxygen atoms in total. The van der Waals surface area contributed by atoms with Crippen molar-refractivity contribution in [2.75, 3.05) is 18.1 Å². The molecule has 0 saturated heterocycles. The molecule has 0 aliphatic carbocycles. The molecule has 2 aromatic carbocycles. The quantitative estimate of drug-likeness (QED) is 0.427. The highest BCUT2D eigenvalue weighted by atomic mass is 35.5. The van der Waals surface area contributed by atoms with Crippen LogP contribution in [0.15, 0.2) is 48.5 Å². The first-order valence-corrected chi connectivity index (χ1v) is 10.6. The van der Waals surface area contributed by atoms with E-state index in [2.05, 4.69) is 6.92 Å². The molecule has 1 aliphatic rings. The smallest absolute Gasteiger partial charge is 0.321 e. The lowest BCUT2D eigenvalue weighted by Crippen LogP contribution is -2.50. The minimum absolute atomic E-state index is 0.206. The Hall–Kier alpha value is -2.86. The molecular weight excluding hydrogens is 402 g/mol. The second kappa shape index (κ2) is 8.48. The summed E-state index contributed by atoms with van der Waals surface area (Å²) in [7, 11) is 0. The highest BCUT2D eigenvalue weighted by Crippen LogP contribution is 2.41. The zero-order chi connectivity index (χ0) is 21.3. The summed E-state index contributed by atoms with van der Waals surface area (Å²) in [6.07, 6.45) is 1.73. The van der Waals surface area contributed by atoms with Crippen LogP contribution in [0.5, 0.6) is 0 Å². The van der Waals surface area contributed by atoms with Crippen LogP contribution in [0.3, 0.4) is 0 Å². The number of unbranched alkanes of at least 4 members (excludes halogenated alkanes) is 1. The Morgan fingerprint density at radius 2 is 1.97 bits per heavy atom. The second-order valence-electron chi connectivity index (χ2n) is 7.34. The maximum atomic E-state index is 13.6. The molecule has 1 aliphatic heterocycles. The number of para-hydroxylation sites is 2.